The molecule has 0 spiro atoms. The van der Waals surface area contributed by atoms with E-state index in [1.165, 1.54) is 14.0 Å². The number of aryl methyl sites for hydroxylation is 4. The average Bonchev–Trinajstić information content (AvgIpc) is 0.826. The molecule has 12 aromatic rings. The van der Waals surface area contributed by atoms with Crippen molar-refractivity contribution in [2.75, 3.05) is 47.3 Å². The van der Waals surface area contributed by atoms with Gasteiger partial charge in [-0.3, -0.25) is 39.3 Å². The number of carbonyl (C=O) groups excluding carboxylic acids is 7. The lowest BCUT2D eigenvalue weighted by atomic mass is 9.92. The van der Waals surface area contributed by atoms with Crippen LogP contribution in [0.2, 0.25) is 0 Å². The number of methoxy groups -OCH3 is 1. The number of anilines is 4. The van der Waals surface area contributed by atoms with Crippen LogP contribution in [0.15, 0.2) is 291 Å². The normalized spacial score (nSPS) is 10.6. The minimum atomic E-state index is -3.36. The van der Waals surface area contributed by atoms with Gasteiger partial charge in [-0.1, -0.05) is 243 Å². The summed E-state index contributed by atoms with van der Waals surface area (Å²) < 4.78 is 35.1. The quantitative estimate of drug-likeness (QED) is 0.0232. The Balaban J connectivity index is 0.000000173. The molecule has 0 aliphatic heterocycles. The molecule has 576 valence electrons. The zero-order valence-electron chi connectivity index (χ0n) is 62.9. The second kappa shape index (κ2) is 41.7. The second-order valence-corrected chi connectivity index (χ2v) is 28.0. The SMILES string of the molecule is CC(=O)Nc1cccc(-c2ccc(-c3ccccc3)cc2CCC(N)=O)c1.COC(=O)Nc1cccc(-c2ccc(-c3ccccc3)cc2CCC(N)=O)c1.CS(=O)(=O)Nc1cccc(-c2ccc(-c3ccccc3)cc2CCC(N)=O)c1.NC(=O)CCc1cc(-c2ccccc2)ccc1-c1cccc(NC(=O)OCCO)c1. The predicted molar refractivity (Wildman–Crippen MR) is 450 cm³/mol. The summed E-state index contributed by atoms with van der Waals surface area (Å²) in [5, 5.41) is 16.9. The number of nitrogens with two attached hydrogens (primary N) is 4. The van der Waals surface area contributed by atoms with Gasteiger partial charge in [0.05, 0.1) is 20.0 Å². The largest absolute Gasteiger partial charge is 0.453 e. The Bertz CT molecular complexity index is 5400. The van der Waals surface area contributed by atoms with Crippen LogP contribution in [0.5, 0.6) is 0 Å². The molecule has 0 unspecified atom stereocenters. The summed E-state index contributed by atoms with van der Waals surface area (Å²) in [6, 6.07) is 94.6. The van der Waals surface area contributed by atoms with Gasteiger partial charge in [-0.15, -0.1) is 0 Å². The van der Waals surface area contributed by atoms with Crippen LogP contribution in [0.4, 0.5) is 32.3 Å². The minimum Gasteiger partial charge on any atom is -0.453 e. The van der Waals surface area contributed by atoms with Gasteiger partial charge in [0.25, 0.3) is 0 Å². The number of hydrogen-bond acceptors (Lipinski definition) is 12. The number of aliphatic hydroxyl groups is 1. The Kier molecular flexibility index (Phi) is 30.7. The maximum Gasteiger partial charge on any atom is 0.411 e. The maximum atomic E-state index is 11.8. The molecule has 13 N–H and O–H groups in total. The minimum absolute atomic E-state index is 0.0657. The number of aliphatic hydroxyl groups excluding tert-OH is 1. The molecule has 12 rings (SSSR count). The highest BCUT2D eigenvalue weighted by Crippen LogP contribution is 2.37. The molecule has 21 heteroatoms. The molecule has 0 saturated carbocycles. The van der Waals surface area contributed by atoms with E-state index in [1.807, 2.05) is 206 Å². The fraction of sp³-hybridized carbons (Fsp3) is 0.141. The number of primary amides is 4. The first-order valence-electron chi connectivity index (χ1n) is 36.4. The molecule has 7 amide bonds. The number of hydrogen-bond donors (Lipinski definition) is 9. The number of carbonyl (C=O) groups is 7. The van der Waals surface area contributed by atoms with E-state index in [9.17, 15) is 42.0 Å². The van der Waals surface area contributed by atoms with E-state index in [2.05, 4.69) is 80.0 Å². The average molecular weight is 1530 g/mol. The highest BCUT2D eigenvalue weighted by Gasteiger charge is 2.17. The Labute approximate surface area is 658 Å². The molecule has 0 heterocycles. The third kappa shape index (κ3) is 26.5. The van der Waals surface area contributed by atoms with Crippen LogP contribution in [0, 0.1) is 0 Å². The summed E-state index contributed by atoms with van der Waals surface area (Å²) in [4.78, 5) is 80.0. The van der Waals surface area contributed by atoms with Gasteiger partial charge in [0.1, 0.15) is 6.61 Å². The van der Waals surface area contributed by atoms with Gasteiger partial charge in [0, 0.05) is 55.4 Å². The van der Waals surface area contributed by atoms with Gasteiger partial charge in [-0.25, -0.2) is 18.0 Å². The first-order chi connectivity index (χ1) is 54.5. The van der Waals surface area contributed by atoms with Crippen molar-refractivity contribution in [2.45, 2.75) is 58.3 Å². The van der Waals surface area contributed by atoms with E-state index in [0.29, 0.717) is 42.7 Å². The molecule has 20 nitrogen and oxygen atoms in total. The monoisotopic (exact) mass is 1530 g/mol. The van der Waals surface area contributed by atoms with Gasteiger partial charge >= 0.3 is 12.2 Å². The van der Waals surface area contributed by atoms with Crippen LogP contribution in [-0.4, -0.2) is 81.8 Å². The maximum absolute atomic E-state index is 11.8. The smallest absolute Gasteiger partial charge is 0.411 e. The molecule has 0 bridgehead atoms. The molecule has 0 atom stereocenters. The molecule has 113 heavy (non-hydrogen) atoms. The van der Waals surface area contributed by atoms with E-state index >= 15 is 0 Å². The van der Waals surface area contributed by atoms with Crippen LogP contribution in [0.1, 0.15) is 54.9 Å². The van der Waals surface area contributed by atoms with Gasteiger partial charge < -0.3 is 42.8 Å². The summed E-state index contributed by atoms with van der Waals surface area (Å²) in [6.07, 6.45) is 3.14. The summed E-state index contributed by atoms with van der Waals surface area (Å²) in [7, 11) is -2.04. The van der Waals surface area contributed by atoms with Crippen LogP contribution >= 0.6 is 0 Å². The van der Waals surface area contributed by atoms with Crippen LogP contribution in [0.25, 0.3) is 89.0 Å². The summed E-state index contributed by atoms with van der Waals surface area (Å²) in [5.41, 5.74) is 44.3. The van der Waals surface area contributed by atoms with Crippen LogP contribution in [-0.2, 0) is 69.2 Å². The third-order valence-corrected chi connectivity index (χ3v) is 18.3. The van der Waals surface area contributed by atoms with Crippen molar-refractivity contribution in [3.8, 4) is 89.0 Å². The molecule has 0 saturated heterocycles. The molecule has 0 aromatic heterocycles. The zero-order chi connectivity index (χ0) is 80.7. The zero-order valence-corrected chi connectivity index (χ0v) is 63.8. The summed E-state index contributed by atoms with van der Waals surface area (Å²) >= 11 is 0. The van der Waals surface area contributed by atoms with Crippen molar-refractivity contribution >= 4 is 74.5 Å². The highest BCUT2D eigenvalue weighted by atomic mass is 32.2. The second-order valence-electron chi connectivity index (χ2n) is 26.3. The van der Waals surface area contributed by atoms with Crippen molar-refractivity contribution in [3.05, 3.63) is 313 Å². The highest BCUT2D eigenvalue weighted by molar-refractivity contribution is 7.92. The van der Waals surface area contributed by atoms with Crippen molar-refractivity contribution in [2.24, 2.45) is 22.9 Å². The summed E-state index contributed by atoms with van der Waals surface area (Å²) in [6.45, 7) is 1.19. The van der Waals surface area contributed by atoms with Gasteiger partial charge in [-0.05, 0) is 185 Å². The van der Waals surface area contributed by atoms with Crippen LogP contribution < -0.4 is 43.6 Å². The number of sulfonamides is 1. The van der Waals surface area contributed by atoms with E-state index < -0.39 is 22.2 Å². The fourth-order valence-electron chi connectivity index (χ4n) is 12.5. The van der Waals surface area contributed by atoms with E-state index in [4.69, 9.17) is 32.8 Å². The lowest BCUT2D eigenvalue weighted by Gasteiger charge is -2.14. The topological polar surface area (TPSA) is 345 Å². The molecule has 0 radical (unpaired) electrons. The molecule has 0 fully saturated rings. The van der Waals surface area contributed by atoms with Gasteiger partial charge in [0.15, 0.2) is 0 Å². The Morgan fingerprint density at radius 1 is 0.327 bits per heavy atom. The number of benzene rings is 12. The van der Waals surface area contributed by atoms with Gasteiger partial charge in [-0.2, -0.15) is 0 Å². The fourth-order valence-corrected chi connectivity index (χ4v) is 13.1. The van der Waals surface area contributed by atoms with E-state index in [0.717, 1.165) is 123 Å². The Morgan fingerprint density at radius 3 is 0.858 bits per heavy atom. The molecule has 0 aliphatic rings. The predicted octanol–water partition coefficient (Wildman–Crippen LogP) is 16.8. The first-order valence-corrected chi connectivity index (χ1v) is 38.3. The standard InChI is InChI=1S/C24H24N2O4.C23H22N2O3.C23H22N2O2.C22H22N2O3S/c25-23(28)12-10-20-15-18(17-5-2-1-3-6-17)9-11-22(20)19-7-4-8-21(16-19)26-24(29)30-14-13-27;1-28-23(27)25-20-9-5-8-18(15-20)21-12-10-17(16-6-3-2-4-7-16)14-19(21)11-13-22(24)26;1-16(26)25-21-9-5-8-19(15-21)22-12-10-18(17-6-3-2-4-7-17)14-20(22)11-13-23(24)27;1-28(26,27)24-20-9-5-8-18(15-20)21-12-10-17(16-6-3-2-4-7-16)14-19(21)11-13-22(23)25/h1-9,11,15-16,27H,10,12-14H2,(H2,25,28)(H,26,29);2-10,12,14-15H,11,13H2,1H3,(H2,24,26)(H,25,27);2-10,12,14-15H,11,13H2,1H3,(H2,24,27)(H,25,26);2-10,12,14-15,24H,11,13H2,1H3,(H2,23,25). The number of rotatable bonds is 27. The van der Waals surface area contributed by atoms with Crippen molar-refractivity contribution in [3.63, 3.8) is 0 Å². The number of amides is 7. The molecule has 12 aromatic carbocycles. The van der Waals surface area contributed by atoms with Gasteiger partial charge in [0.2, 0.25) is 39.6 Å². The lowest BCUT2D eigenvalue weighted by molar-refractivity contribution is -0.118. The van der Waals surface area contributed by atoms with E-state index in [-0.39, 0.29) is 68.4 Å². The van der Waals surface area contributed by atoms with E-state index in [1.54, 1.807) is 30.3 Å². The Morgan fingerprint density at radius 2 is 0.593 bits per heavy atom. The first kappa shape index (κ1) is 83.3. The van der Waals surface area contributed by atoms with Crippen LogP contribution in [0.3, 0.4) is 0 Å². The molecular weight excluding hydrogens is 1440 g/mol. The lowest BCUT2D eigenvalue weighted by Crippen LogP contribution is -2.15. The Hall–Kier alpha value is -13.8. The molecule has 0 aliphatic carbocycles. The number of ether oxygens (including phenoxy) is 2. The number of nitrogens with one attached hydrogen (secondary N) is 4. The van der Waals surface area contributed by atoms with Crippen molar-refractivity contribution in [1.29, 1.82) is 0 Å². The van der Waals surface area contributed by atoms with Crippen molar-refractivity contribution in [1.82, 2.24) is 0 Å². The van der Waals surface area contributed by atoms with Crippen molar-refractivity contribution < 1.29 is 56.6 Å². The molecular formula is C92H90N8O12S. The summed E-state index contributed by atoms with van der Waals surface area (Å²) in [5.74, 6) is -1.48. The third-order valence-electron chi connectivity index (χ3n) is 17.7.